The SMILES string of the molecule is CC(C)(O)C(C)(C)O.OB(O)OCCc1ccccc1. The molecule has 1 aromatic carbocycles. The van der Waals surface area contributed by atoms with E-state index in [2.05, 4.69) is 4.65 Å². The second-order valence-corrected chi connectivity index (χ2v) is 5.55. The van der Waals surface area contributed by atoms with Crippen LogP contribution in [0, 0.1) is 0 Å². The molecular weight excluding hydrogens is 259 g/mol. The van der Waals surface area contributed by atoms with E-state index < -0.39 is 18.5 Å². The Morgan fingerprint density at radius 1 is 0.950 bits per heavy atom. The summed E-state index contributed by atoms with van der Waals surface area (Å²) in [4.78, 5) is 0. The lowest BCUT2D eigenvalue weighted by Gasteiger charge is -2.31. The smallest absolute Gasteiger partial charge is 0.402 e. The maximum absolute atomic E-state index is 9.10. The van der Waals surface area contributed by atoms with Gasteiger partial charge in [0.15, 0.2) is 0 Å². The van der Waals surface area contributed by atoms with E-state index in [1.165, 1.54) is 0 Å². The minimum absolute atomic E-state index is 0.321. The summed E-state index contributed by atoms with van der Waals surface area (Å²) in [5, 5.41) is 34.9. The summed E-state index contributed by atoms with van der Waals surface area (Å²) in [5.41, 5.74) is -0.891. The van der Waals surface area contributed by atoms with Gasteiger partial charge in [-0.25, -0.2) is 0 Å². The zero-order valence-electron chi connectivity index (χ0n) is 12.6. The fourth-order valence-electron chi connectivity index (χ4n) is 0.927. The summed E-state index contributed by atoms with van der Waals surface area (Å²) in [6, 6.07) is 9.74. The first-order valence-corrected chi connectivity index (χ1v) is 6.50. The van der Waals surface area contributed by atoms with Crippen LogP contribution in [0.4, 0.5) is 0 Å². The van der Waals surface area contributed by atoms with Crippen LogP contribution in [0.3, 0.4) is 0 Å². The van der Waals surface area contributed by atoms with Gasteiger partial charge in [0.25, 0.3) is 0 Å². The van der Waals surface area contributed by atoms with Crippen LogP contribution in [0.15, 0.2) is 30.3 Å². The molecule has 0 heterocycles. The lowest BCUT2D eigenvalue weighted by Crippen LogP contribution is -2.44. The van der Waals surface area contributed by atoms with E-state index in [9.17, 15) is 0 Å². The summed E-state index contributed by atoms with van der Waals surface area (Å²) in [7, 11) is -1.66. The van der Waals surface area contributed by atoms with Crippen LogP contribution >= 0.6 is 0 Å². The molecule has 0 saturated carbocycles. The number of aliphatic hydroxyl groups is 2. The van der Waals surface area contributed by atoms with E-state index in [0.717, 1.165) is 5.56 Å². The highest BCUT2D eigenvalue weighted by Gasteiger charge is 2.31. The van der Waals surface area contributed by atoms with Crippen molar-refractivity contribution in [2.45, 2.75) is 45.3 Å². The van der Waals surface area contributed by atoms with E-state index in [-0.39, 0.29) is 0 Å². The molecule has 5 nitrogen and oxygen atoms in total. The Hall–Kier alpha value is -0.915. The minimum atomic E-state index is -1.66. The van der Waals surface area contributed by atoms with Gasteiger partial charge in [-0.05, 0) is 39.7 Å². The molecule has 0 fully saturated rings. The molecule has 0 aromatic heterocycles. The first-order chi connectivity index (χ1) is 9.04. The second-order valence-electron chi connectivity index (χ2n) is 5.55. The maximum atomic E-state index is 9.10. The molecule has 114 valence electrons. The quantitative estimate of drug-likeness (QED) is 0.599. The lowest BCUT2D eigenvalue weighted by atomic mass is 9.90. The predicted octanol–water partition coefficient (Wildman–Crippen LogP) is 0.743. The van der Waals surface area contributed by atoms with Crippen molar-refractivity contribution in [3.8, 4) is 0 Å². The molecule has 0 unspecified atom stereocenters. The van der Waals surface area contributed by atoms with Gasteiger partial charge in [0, 0.05) is 6.61 Å². The first-order valence-electron chi connectivity index (χ1n) is 6.50. The van der Waals surface area contributed by atoms with Gasteiger partial charge in [-0.2, -0.15) is 0 Å². The summed E-state index contributed by atoms with van der Waals surface area (Å²) in [5.74, 6) is 0. The molecule has 0 atom stereocenters. The molecule has 1 rings (SSSR count). The minimum Gasteiger partial charge on any atom is -0.402 e. The van der Waals surface area contributed by atoms with Gasteiger partial charge < -0.3 is 24.9 Å². The van der Waals surface area contributed by atoms with Crippen LogP contribution in [-0.2, 0) is 11.1 Å². The van der Waals surface area contributed by atoms with Crippen molar-refractivity contribution in [2.24, 2.45) is 0 Å². The normalized spacial score (nSPS) is 11.6. The van der Waals surface area contributed by atoms with Crippen LogP contribution < -0.4 is 0 Å². The predicted molar refractivity (Wildman–Crippen MR) is 78.9 cm³/mol. The van der Waals surface area contributed by atoms with E-state index >= 15 is 0 Å². The van der Waals surface area contributed by atoms with Crippen LogP contribution in [-0.4, -0.2) is 45.4 Å². The van der Waals surface area contributed by atoms with Crippen molar-refractivity contribution >= 4 is 7.32 Å². The Labute approximate surface area is 121 Å². The Morgan fingerprint density at radius 2 is 1.40 bits per heavy atom. The second kappa shape index (κ2) is 8.39. The van der Waals surface area contributed by atoms with Crippen molar-refractivity contribution in [1.29, 1.82) is 0 Å². The van der Waals surface area contributed by atoms with Gasteiger partial charge in [0.2, 0.25) is 0 Å². The lowest BCUT2D eigenvalue weighted by molar-refractivity contribution is -0.107. The Kier molecular flexibility index (Phi) is 8.01. The van der Waals surface area contributed by atoms with Crippen LogP contribution in [0.25, 0.3) is 0 Å². The highest BCUT2D eigenvalue weighted by atomic mass is 16.6. The number of hydrogen-bond donors (Lipinski definition) is 4. The molecule has 0 amide bonds. The van der Waals surface area contributed by atoms with Crippen molar-refractivity contribution < 1.29 is 24.9 Å². The van der Waals surface area contributed by atoms with Crippen molar-refractivity contribution in [2.75, 3.05) is 6.61 Å². The van der Waals surface area contributed by atoms with Crippen LogP contribution in [0.5, 0.6) is 0 Å². The molecule has 0 saturated heterocycles. The maximum Gasteiger partial charge on any atom is 0.633 e. The van der Waals surface area contributed by atoms with E-state index in [1.807, 2.05) is 30.3 Å². The Balaban J connectivity index is 0.000000396. The highest BCUT2D eigenvalue weighted by molar-refractivity contribution is 6.32. The average molecular weight is 284 g/mol. The summed E-state index contributed by atoms with van der Waals surface area (Å²) in [6.07, 6.45) is 0.693. The third-order valence-corrected chi connectivity index (χ3v) is 3.00. The van der Waals surface area contributed by atoms with E-state index in [0.29, 0.717) is 13.0 Å². The summed E-state index contributed by atoms with van der Waals surface area (Å²) >= 11 is 0. The monoisotopic (exact) mass is 284 g/mol. The topological polar surface area (TPSA) is 90.2 Å². The molecule has 4 N–H and O–H groups in total. The van der Waals surface area contributed by atoms with Gasteiger partial charge in [0.05, 0.1) is 11.2 Å². The fraction of sp³-hybridized carbons (Fsp3) is 0.571. The van der Waals surface area contributed by atoms with Crippen molar-refractivity contribution in [1.82, 2.24) is 0 Å². The first kappa shape index (κ1) is 19.1. The molecule has 6 heteroatoms. The number of rotatable bonds is 5. The molecule has 20 heavy (non-hydrogen) atoms. The van der Waals surface area contributed by atoms with E-state index in [4.69, 9.17) is 20.3 Å². The highest BCUT2D eigenvalue weighted by Crippen LogP contribution is 2.19. The summed E-state index contributed by atoms with van der Waals surface area (Å²) < 4.78 is 4.56. The van der Waals surface area contributed by atoms with Crippen molar-refractivity contribution in [3.05, 3.63) is 35.9 Å². The van der Waals surface area contributed by atoms with Gasteiger partial charge in [-0.3, -0.25) is 0 Å². The average Bonchev–Trinajstić information content (AvgIpc) is 2.28. The molecular formula is C14H25BO5. The molecule has 1 aromatic rings. The third-order valence-electron chi connectivity index (χ3n) is 3.00. The van der Waals surface area contributed by atoms with Gasteiger partial charge in [0.1, 0.15) is 0 Å². The molecule has 0 aliphatic heterocycles. The molecule has 0 spiro atoms. The third kappa shape index (κ3) is 9.06. The number of hydrogen-bond acceptors (Lipinski definition) is 5. The van der Waals surface area contributed by atoms with Gasteiger partial charge >= 0.3 is 7.32 Å². The van der Waals surface area contributed by atoms with Gasteiger partial charge in [-0.15, -0.1) is 0 Å². The zero-order chi connectivity index (χ0) is 15.8. The number of benzene rings is 1. The van der Waals surface area contributed by atoms with E-state index in [1.54, 1.807) is 27.7 Å². The summed E-state index contributed by atoms with van der Waals surface area (Å²) in [6.45, 7) is 6.63. The Morgan fingerprint density at radius 3 is 1.75 bits per heavy atom. The Bertz CT molecular complexity index is 342. The molecule has 0 aliphatic carbocycles. The van der Waals surface area contributed by atoms with Crippen LogP contribution in [0.2, 0.25) is 0 Å². The molecule has 0 radical (unpaired) electrons. The van der Waals surface area contributed by atoms with Crippen molar-refractivity contribution in [3.63, 3.8) is 0 Å². The standard InChI is InChI=1S/C8H11BO3.C6H14O2/c10-9(11)12-7-6-8-4-2-1-3-5-8;1-5(2,7)6(3,4)8/h1-5,10-11H,6-7H2;7-8H,1-4H3. The fourth-order valence-corrected chi connectivity index (χ4v) is 0.927. The van der Waals surface area contributed by atoms with Crippen LogP contribution in [0.1, 0.15) is 33.3 Å². The molecule has 0 bridgehead atoms. The molecule has 0 aliphatic rings. The largest absolute Gasteiger partial charge is 0.633 e. The van der Waals surface area contributed by atoms with Gasteiger partial charge in [-0.1, -0.05) is 30.3 Å². The zero-order valence-corrected chi connectivity index (χ0v) is 12.6.